The molecule has 0 radical (unpaired) electrons. The second-order valence-corrected chi connectivity index (χ2v) is 6.48. The fraction of sp³-hybridized carbons (Fsp3) is 0.714. The average molecular weight is 263 g/mol. The maximum Gasteiger partial charge on any atom is 0.112 e. The fourth-order valence-corrected chi connectivity index (χ4v) is 3.42. The van der Waals surface area contributed by atoms with Crippen LogP contribution in [0.3, 0.4) is 0 Å². The zero-order chi connectivity index (χ0) is 13.0. The van der Waals surface area contributed by atoms with E-state index in [1.807, 2.05) is 11.6 Å². The molecule has 3 nitrogen and oxygen atoms in total. The monoisotopic (exact) mass is 263 g/mol. The maximum atomic E-state index is 9.31. The highest BCUT2D eigenvalue weighted by Gasteiger charge is 2.31. The second kappa shape index (κ2) is 5.81. The fourth-order valence-electron chi connectivity index (χ4n) is 2.69. The minimum Gasteiger partial charge on any atom is -0.302 e. The van der Waals surface area contributed by atoms with Crippen LogP contribution in [0.5, 0.6) is 0 Å². The lowest BCUT2D eigenvalue weighted by atomic mass is 9.93. The van der Waals surface area contributed by atoms with Crippen LogP contribution in [0.15, 0.2) is 11.6 Å². The van der Waals surface area contributed by atoms with E-state index in [-0.39, 0.29) is 11.5 Å². The number of thiazole rings is 1. The molecule has 2 unspecified atom stereocenters. The van der Waals surface area contributed by atoms with Crippen molar-refractivity contribution in [2.45, 2.75) is 57.5 Å². The zero-order valence-corrected chi connectivity index (χ0v) is 12.0. The highest BCUT2D eigenvalue weighted by Crippen LogP contribution is 2.28. The van der Waals surface area contributed by atoms with Crippen molar-refractivity contribution >= 4 is 11.3 Å². The Morgan fingerprint density at radius 1 is 1.39 bits per heavy atom. The summed E-state index contributed by atoms with van der Waals surface area (Å²) in [5.41, 5.74) is -0.141. The van der Waals surface area contributed by atoms with Crippen LogP contribution in [-0.4, -0.2) is 11.0 Å². The molecule has 1 heterocycles. The first-order valence-corrected chi connectivity index (χ1v) is 7.59. The first-order chi connectivity index (χ1) is 8.63. The molecular formula is C14H21N3S. The lowest BCUT2D eigenvalue weighted by Gasteiger charge is -2.32. The van der Waals surface area contributed by atoms with Crippen molar-refractivity contribution < 1.29 is 0 Å². The molecule has 98 valence electrons. The molecule has 1 aliphatic rings. The number of rotatable bonds is 3. The van der Waals surface area contributed by atoms with Crippen LogP contribution < -0.4 is 5.32 Å². The van der Waals surface area contributed by atoms with E-state index in [4.69, 9.17) is 0 Å². The predicted octanol–water partition coefficient (Wildman–Crippen LogP) is 3.44. The van der Waals surface area contributed by atoms with E-state index >= 15 is 0 Å². The normalized spacial score (nSPS) is 25.4. The summed E-state index contributed by atoms with van der Waals surface area (Å²) in [6.07, 6.45) is 7.65. The van der Waals surface area contributed by atoms with Gasteiger partial charge in [0, 0.05) is 17.6 Å². The Hall–Kier alpha value is -0.920. The van der Waals surface area contributed by atoms with Crippen LogP contribution >= 0.6 is 11.3 Å². The minimum atomic E-state index is -0.141. The molecule has 0 aromatic carbocycles. The van der Waals surface area contributed by atoms with Crippen LogP contribution in [0.25, 0.3) is 0 Å². The number of nitriles is 1. The Kier molecular flexibility index (Phi) is 4.36. The third kappa shape index (κ3) is 3.09. The van der Waals surface area contributed by atoms with E-state index in [0.717, 1.165) is 17.8 Å². The summed E-state index contributed by atoms with van der Waals surface area (Å²) in [5, 5.41) is 16.1. The maximum absolute atomic E-state index is 9.31. The van der Waals surface area contributed by atoms with Crippen LogP contribution in [0.1, 0.15) is 51.0 Å². The van der Waals surface area contributed by atoms with Gasteiger partial charge in [-0.15, -0.1) is 11.3 Å². The largest absolute Gasteiger partial charge is 0.302 e. The van der Waals surface area contributed by atoms with Gasteiger partial charge in [-0.1, -0.05) is 19.3 Å². The van der Waals surface area contributed by atoms with Gasteiger partial charge in [0.2, 0.25) is 0 Å². The molecule has 0 spiro atoms. The molecule has 18 heavy (non-hydrogen) atoms. The first-order valence-electron chi connectivity index (χ1n) is 6.71. The van der Waals surface area contributed by atoms with E-state index in [1.54, 1.807) is 11.3 Å². The van der Waals surface area contributed by atoms with E-state index in [2.05, 4.69) is 30.2 Å². The molecule has 0 amide bonds. The molecule has 2 rings (SSSR count). The highest BCUT2D eigenvalue weighted by molar-refractivity contribution is 7.09. The molecule has 1 fully saturated rings. The topological polar surface area (TPSA) is 48.7 Å². The number of hydrogen-bond donors (Lipinski definition) is 1. The molecule has 1 aliphatic carbocycles. The number of nitrogens with one attached hydrogen (secondary N) is 1. The summed E-state index contributed by atoms with van der Waals surface area (Å²) in [5.74, 6) is 0.145. The van der Waals surface area contributed by atoms with Crippen molar-refractivity contribution in [3.05, 3.63) is 16.6 Å². The molecule has 0 aliphatic heterocycles. The van der Waals surface area contributed by atoms with E-state index in [0.29, 0.717) is 6.04 Å². The third-order valence-electron chi connectivity index (χ3n) is 3.70. The standard InChI is InChI=1S/C14H21N3S/c1-14(2,13-16-8-9-18-13)17-12-7-5-3-4-6-11(12)10-15/h8-9,11-12,17H,3-7H2,1-2H3. The summed E-state index contributed by atoms with van der Waals surface area (Å²) in [4.78, 5) is 4.40. The van der Waals surface area contributed by atoms with Crippen LogP contribution in [-0.2, 0) is 5.54 Å². The molecular weight excluding hydrogens is 242 g/mol. The lowest BCUT2D eigenvalue weighted by Crippen LogP contribution is -2.46. The first kappa shape index (κ1) is 13.5. The predicted molar refractivity (Wildman–Crippen MR) is 74.3 cm³/mol. The summed E-state index contributed by atoms with van der Waals surface area (Å²) in [6.45, 7) is 4.32. The summed E-state index contributed by atoms with van der Waals surface area (Å²) < 4.78 is 0. The SMILES string of the molecule is CC(C)(NC1CCCCCC1C#N)c1nccs1. The van der Waals surface area contributed by atoms with Gasteiger partial charge in [-0.2, -0.15) is 5.26 Å². The Bertz CT molecular complexity index is 405. The number of hydrogen-bond acceptors (Lipinski definition) is 4. The molecule has 1 saturated carbocycles. The summed E-state index contributed by atoms with van der Waals surface area (Å²) >= 11 is 1.68. The second-order valence-electron chi connectivity index (χ2n) is 5.59. The van der Waals surface area contributed by atoms with Crippen LogP contribution in [0.4, 0.5) is 0 Å². The van der Waals surface area contributed by atoms with Gasteiger partial charge in [-0.05, 0) is 26.7 Å². The minimum absolute atomic E-state index is 0.141. The van der Waals surface area contributed by atoms with Gasteiger partial charge in [-0.25, -0.2) is 4.98 Å². The van der Waals surface area contributed by atoms with Crippen molar-refractivity contribution in [3.8, 4) is 6.07 Å². The van der Waals surface area contributed by atoms with Gasteiger partial charge in [0.25, 0.3) is 0 Å². The average Bonchev–Trinajstić information content (AvgIpc) is 2.79. The highest BCUT2D eigenvalue weighted by atomic mass is 32.1. The number of nitrogens with zero attached hydrogens (tertiary/aromatic N) is 2. The van der Waals surface area contributed by atoms with Crippen molar-refractivity contribution in [2.75, 3.05) is 0 Å². The Morgan fingerprint density at radius 3 is 2.83 bits per heavy atom. The molecule has 1 N–H and O–H groups in total. The summed E-state index contributed by atoms with van der Waals surface area (Å²) in [7, 11) is 0. The zero-order valence-electron chi connectivity index (χ0n) is 11.1. The molecule has 1 aromatic heterocycles. The van der Waals surface area contributed by atoms with Gasteiger partial charge in [0.1, 0.15) is 5.01 Å². The lowest BCUT2D eigenvalue weighted by molar-refractivity contribution is 0.286. The molecule has 2 atom stereocenters. The smallest absolute Gasteiger partial charge is 0.112 e. The van der Waals surface area contributed by atoms with E-state index < -0.39 is 0 Å². The van der Waals surface area contributed by atoms with Gasteiger partial charge < -0.3 is 5.32 Å². The summed E-state index contributed by atoms with van der Waals surface area (Å²) in [6, 6.07) is 2.78. The Labute approximate surface area is 113 Å². The van der Waals surface area contributed by atoms with Crippen LogP contribution in [0, 0.1) is 17.2 Å². The molecule has 0 saturated heterocycles. The molecule has 4 heteroatoms. The van der Waals surface area contributed by atoms with Crippen molar-refractivity contribution in [1.29, 1.82) is 5.26 Å². The quantitative estimate of drug-likeness (QED) is 0.850. The van der Waals surface area contributed by atoms with Crippen molar-refractivity contribution in [2.24, 2.45) is 5.92 Å². The molecule has 0 bridgehead atoms. The van der Waals surface area contributed by atoms with Crippen LogP contribution in [0.2, 0.25) is 0 Å². The van der Waals surface area contributed by atoms with Gasteiger partial charge in [0.05, 0.1) is 17.5 Å². The van der Waals surface area contributed by atoms with Gasteiger partial charge in [-0.3, -0.25) is 0 Å². The van der Waals surface area contributed by atoms with Crippen molar-refractivity contribution in [1.82, 2.24) is 10.3 Å². The Balaban J connectivity index is 2.09. The van der Waals surface area contributed by atoms with Gasteiger partial charge >= 0.3 is 0 Å². The van der Waals surface area contributed by atoms with Crippen molar-refractivity contribution in [3.63, 3.8) is 0 Å². The third-order valence-corrected chi connectivity index (χ3v) is 4.79. The Morgan fingerprint density at radius 2 is 2.17 bits per heavy atom. The number of aromatic nitrogens is 1. The molecule has 1 aromatic rings. The van der Waals surface area contributed by atoms with Gasteiger partial charge in [0.15, 0.2) is 0 Å². The van der Waals surface area contributed by atoms with E-state index in [9.17, 15) is 5.26 Å². The van der Waals surface area contributed by atoms with E-state index in [1.165, 1.54) is 19.3 Å².